The zero-order chi connectivity index (χ0) is 26.8. The number of carbonyl (C=O) groups is 2. The maximum atomic E-state index is 13.6. The first-order chi connectivity index (χ1) is 18.3. The third kappa shape index (κ3) is 4.92. The Bertz CT molecular complexity index is 1640. The minimum Gasteiger partial charge on any atom is -0.486 e. The Morgan fingerprint density at radius 3 is 2.39 bits per heavy atom. The first kappa shape index (κ1) is 25.3. The number of nitrogens with one attached hydrogen (secondary N) is 2. The van der Waals surface area contributed by atoms with E-state index < -0.39 is 0 Å². The molecule has 1 aromatic heterocycles. The van der Waals surface area contributed by atoms with Gasteiger partial charge < -0.3 is 14.6 Å². The zero-order valence-electron chi connectivity index (χ0n) is 20.7. The summed E-state index contributed by atoms with van der Waals surface area (Å²) in [5, 5.41) is 5.71. The molecule has 38 heavy (non-hydrogen) atoms. The molecule has 1 aliphatic heterocycles. The summed E-state index contributed by atoms with van der Waals surface area (Å²) in [6.07, 6.45) is 0. The van der Waals surface area contributed by atoms with Gasteiger partial charge in [0.1, 0.15) is 12.4 Å². The number of nitrogens with zero attached hydrogens (tertiary/aromatic N) is 1. The number of para-hydroxylation sites is 1. The number of aromatic nitrogens is 1. The standard InChI is InChI=1S/C29H24FN3O4S/c1-17(27-28(35)32-29(36)38-27)18-9-13-21(14-10-18)31-15-16-37-26-24(19-7-11-20(30)12-8-19)33(2)23-6-4-3-5-22(23)25(26)34/h3-14,31H,15-16H2,1-2H3,(H,32,35,36). The number of hydrogen-bond acceptors (Lipinski definition) is 6. The SMILES string of the molecule is CC(=C1SC(=O)NC1=O)c1ccc(NCCOc2c(-c3ccc(F)cc3)n(C)c3ccccc3c2=O)cc1. The average molecular weight is 530 g/mol. The summed E-state index contributed by atoms with van der Waals surface area (Å²) < 4.78 is 21.5. The van der Waals surface area contributed by atoms with Crippen LogP contribution in [0.1, 0.15) is 12.5 Å². The maximum absolute atomic E-state index is 13.6. The number of fused-ring (bicyclic) bond motifs is 1. The molecule has 1 saturated heterocycles. The van der Waals surface area contributed by atoms with Crippen LogP contribution in [0.25, 0.3) is 27.7 Å². The molecule has 3 aromatic carbocycles. The number of carbonyl (C=O) groups excluding carboxylic acids is 2. The Kier molecular flexibility index (Phi) is 7.02. The zero-order valence-corrected chi connectivity index (χ0v) is 21.5. The number of amides is 2. The van der Waals surface area contributed by atoms with E-state index >= 15 is 0 Å². The van der Waals surface area contributed by atoms with Crippen LogP contribution in [0.2, 0.25) is 0 Å². The van der Waals surface area contributed by atoms with Gasteiger partial charge in [-0.2, -0.15) is 0 Å². The average Bonchev–Trinajstić information content (AvgIpc) is 3.27. The molecular formula is C29H24FN3O4S. The first-order valence-electron chi connectivity index (χ1n) is 11.9. The minimum atomic E-state index is -0.378. The van der Waals surface area contributed by atoms with Crippen molar-refractivity contribution in [1.82, 2.24) is 9.88 Å². The van der Waals surface area contributed by atoms with Crippen LogP contribution in [0, 0.1) is 5.82 Å². The fourth-order valence-corrected chi connectivity index (χ4v) is 5.15. The molecule has 0 aliphatic carbocycles. The monoisotopic (exact) mass is 529 g/mol. The highest BCUT2D eigenvalue weighted by molar-refractivity contribution is 8.18. The van der Waals surface area contributed by atoms with Gasteiger partial charge in [-0.05, 0) is 78.4 Å². The topological polar surface area (TPSA) is 89.4 Å². The Hall–Kier alpha value is -4.37. The molecule has 1 aliphatic rings. The first-order valence-corrected chi connectivity index (χ1v) is 12.7. The van der Waals surface area contributed by atoms with Gasteiger partial charge >= 0.3 is 0 Å². The third-order valence-electron chi connectivity index (χ3n) is 6.34. The fraction of sp³-hybridized carbons (Fsp3) is 0.138. The van der Waals surface area contributed by atoms with Gasteiger partial charge in [0.05, 0.1) is 16.1 Å². The second-order valence-electron chi connectivity index (χ2n) is 8.74. The van der Waals surface area contributed by atoms with Gasteiger partial charge in [-0.25, -0.2) is 4.39 Å². The highest BCUT2D eigenvalue weighted by atomic mass is 32.2. The second-order valence-corrected chi connectivity index (χ2v) is 9.72. The quantitative estimate of drug-likeness (QED) is 0.241. The minimum absolute atomic E-state index is 0.207. The van der Waals surface area contributed by atoms with Gasteiger partial charge in [0.15, 0.2) is 5.75 Å². The van der Waals surface area contributed by atoms with E-state index in [2.05, 4.69) is 10.6 Å². The summed E-state index contributed by atoms with van der Waals surface area (Å²) in [7, 11) is 1.86. The van der Waals surface area contributed by atoms with Crippen LogP contribution in [-0.2, 0) is 11.8 Å². The molecule has 2 amide bonds. The highest BCUT2D eigenvalue weighted by Crippen LogP contribution is 2.32. The maximum Gasteiger partial charge on any atom is 0.290 e. The van der Waals surface area contributed by atoms with Crippen molar-refractivity contribution in [3.05, 3.63) is 99.3 Å². The van der Waals surface area contributed by atoms with Gasteiger partial charge in [-0.1, -0.05) is 24.3 Å². The summed E-state index contributed by atoms with van der Waals surface area (Å²) >= 11 is 0.900. The molecule has 0 radical (unpaired) electrons. The van der Waals surface area contributed by atoms with E-state index in [-0.39, 0.29) is 34.7 Å². The van der Waals surface area contributed by atoms with Gasteiger partial charge in [0, 0.05) is 30.2 Å². The van der Waals surface area contributed by atoms with Crippen LogP contribution in [-0.4, -0.2) is 28.9 Å². The number of allylic oxidation sites excluding steroid dienone is 1. The lowest BCUT2D eigenvalue weighted by molar-refractivity contribution is -0.115. The Balaban J connectivity index is 1.33. The Labute approximate surface area is 222 Å². The molecule has 2 N–H and O–H groups in total. The third-order valence-corrected chi connectivity index (χ3v) is 7.32. The molecule has 192 valence electrons. The molecule has 1 fully saturated rings. The number of benzene rings is 3. The number of hydrogen-bond donors (Lipinski definition) is 2. The van der Waals surface area contributed by atoms with Crippen molar-refractivity contribution in [2.75, 3.05) is 18.5 Å². The lowest BCUT2D eigenvalue weighted by atomic mass is 10.1. The van der Waals surface area contributed by atoms with E-state index in [0.29, 0.717) is 28.1 Å². The van der Waals surface area contributed by atoms with Crippen LogP contribution >= 0.6 is 11.8 Å². The molecule has 0 saturated carbocycles. The van der Waals surface area contributed by atoms with E-state index in [1.165, 1.54) is 12.1 Å². The van der Waals surface area contributed by atoms with Crippen LogP contribution < -0.4 is 20.8 Å². The summed E-state index contributed by atoms with van der Waals surface area (Å²) in [6, 6.07) is 20.8. The number of halogens is 1. The van der Waals surface area contributed by atoms with Gasteiger partial charge in [-0.3, -0.25) is 19.7 Å². The Morgan fingerprint density at radius 2 is 1.71 bits per heavy atom. The largest absolute Gasteiger partial charge is 0.486 e. The van der Waals surface area contributed by atoms with Gasteiger partial charge in [-0.15, -0.1) is 0 Å². The van der Waals surface area contributed by atoms with Gasteiger partial charge in [0.2, 0.25) is 5.43 Å². The molecular weight excluding hydrogens is 505 g/mol. The predicted octanol–water partition coefficient (Wildman–Crippen LogP) is 5.55. The molecule has 9 heteroatoms. The van der Waals surface area contributed by atoms with Crippen molar-refractivity contribution >= 4 is 45.1 Å². The van der Waals surface area contributed by atoms with Crippen molar-refractivity contribution in [1.29, 1.82) is 0 Å². The Morgan fingerprint density at radius 1 is 1.00 bits per heavy atom. The van der Waals surface area contributed by atoms with E-state index in [9.17, 15) is 18.8 Å². The fourth-order valence-electron chi connectivity index (χ4n) is 4.41. The van der Waals surface area contributed by atoms with Crippen LogP contribution in [0.15, 0.2) is 82.5 Å². The lowest BCUT2D eigenvalue weighted by Crippen LogP contribution is -2.19. The van der Waals surface area contributed by atoms with Crippen molar-refractivity contribution < 1.29 is 18.7 Å². The molecule has 0 spiro atoms. The lowest BCUT2D eigenvalue weighted by Gasteiger charge is -2.18. The summed E-state index contributed by atoms with van der Waals surface area (Å²) in [5.74, 6) is -0.529. The molecule has 5 rings (SSSR count). The van der Waals surface area contributed by atoms with Crippen LogP contribution in [0.3, 0.4) is 0 Å². The van der Waals surface area contributed by atoms with E-state index in [0.717, 1.165) is 34.1 Å². The van der Waals surface area contributed by atoms with E-state index in [1.807, 2.05) is 54.1 Å². The number of ether oxygens (including phenoxy) is 1. The smallest absolute Gasteiger partial charge is 0.290 e. The highest BCUT2D eigenvalue weighted by Gasteiger charge is 2.27. The number of pyridine rings is 1. The van der Waals surface area contributed by atoms with Crippen molar-refractivity contribution in [2.45, 2.75) is 6.92 Å². The number of aryl methyl sites for hydroxylation is 1. The molecule has 0 bridgehead atoms. The van der Waals surface area contributed by atoms with Crippen LogP contribution in [0.5, 0.6) is 5.75 Å². The van der Waals surface area contributed by atoms with Gasteiger partial charge in [0.25, 0.3) is 11.1 Å². The molecule has 0 unspecified atom stereocenters. The van der Waals surface area contributed by atoms with Crippen LogP contribution in [0.4, 0.5) is 14.9 Å². The number of thioether (sulfide) groups is 1. The summed E-state index contributed by atoms with van der Waals surface area (Å²) in [5.41, 5.74) is 4.18. The number of anilines is 1. The van der Waals surface area contributed by atoms with E-state index in [4.69, 9.17) is 4.74 Å². The molecule has 0 atom stereocenters. The normalized spacial score (nSPS) is 14.5. The summed E-state index contributed by atoms with van der Waals surface area (Å²) in [4.78, 5) is 37.2. The molecule has 2 heterocycles. The van der Waals surface area contributed by atoms with Crippen molar-refractivity contribution in [3.63, 3.8) is 0 Å². The molecule has 4 aromatic rings. The van der Waals surface area contributed by atoms with E-state index in [1.54, 1.807) is 25.1 Å². The molecule has 7 nitrogen and oxygen atoms in total. The summed E-state index contributed by atoms with van der Waals surface area (Å²) in [6.45, 7) is 2.44. The predicted molar refractivity (Wildman–Crippen MR) is 149 cm³/mol. The number of rotatable bonds is 7. The van der Waals surface area contributed by atoms with Crippen molar-refractivity contribution in [3.8, 4) is 17.0 Å². The van der Waals surface area contributed by atoms with Crippen molar-refractivity contribution in [2.24, 2.45) is 7.05 Å². The second kappa shape index (κ2) is 10.5. The number of imide groups is 1.